The first-order valence-corrected chi connectivity index (χ1v) is 9.03. The van der Waals surface area contributed by atoms with Crippen LogP contribution < -0.4 is 10.1 Å². The number of hydrogen-bond donors (Lipinski definition) is 1. The summed E-state index contributed by atoms with van der Waals surface area (Å²) < 4.78 is 11.3. The SMILES string of the molecule is CC1CN(Cc2ccccc2NC(=O)COc2ccccc2)CC(C)O1. The molecule has 0 radical (unpaired) electrons. The standard InChI is InChI=1S/C21H26N2O3/c1-16-12-23(13-17(2)26-16)14-18-8-6-7-11-20(18)22-21(24)15-25-19-9-4-3-5-10-19/h3-11,16-17H,12-15H2,1-2H3,(H,22,24). The fourth-order valence-electron chi connectivity index (χ4n) is 3.29. The molecule has 1 amide bonds. The van der Waals surface area contributed by atoms with Gasteiger partial charge in [0.15, 0.2) is 6.61 Å². The predicted octanol–water partition coefficient (Wildman–Crippen LogP) is 3.31. The first kappa shape index (κ1) is 18.4. The van der Waals surface area contributed by atoms with Crippen LogP contribution in [0.25, 0.3) is 0 Å². The smallest absolute Gasteiger partial charge is 0.262 e. The summed E-state index contributed by atoms with van der Waals surface area (Å²) in [4.78, 5) is 14.6. The van der Waals surface area contributed by atoms with Crippen molar-refractivity contribution in [1.29, 1.82) is 0 Å². The lowest BCUT2D eigenvalue weighted by Crippen LogP contribution is -2.44. The molecule has 3 rings (SSSR count). The van der Waals surface area contributed by atoms with Crippen molar-refractivity contribution in [3.8, 4) is 5.75 Å². The summed E-state index contributed by atoms with van der Waals surface area (Å²) in [5.74, 6) is 0.525. The summed E-state index contributed by atoms with van der Waals surface area (Å²) in [7, 11) is 0. The fraction of sp³-hybridized carbons (Fsp3) is 0.381. The molecule has 2 aromatic rings. The van der Waals surface area contributed by atoms with Crippen molar-refractivity contribution in [2.45, 2.75) is 32.6 Å². The van der Waals surface area contributed by atoms with Gasteiger partial charge in [-0.15, -0.1) is 0 Å². The summed E-state index contributed by atoms with van der Waals surface area (Å²) in [6.07, 6.45) is 0.444. The van der Waals surface area contributed by atoms with E-state index >= 15 is 0 Å². The van der Waals surface area contributed by atoms with Crippen molar-refractivity contribution < 1.29 is 14.3 Å². The zero-order valence-corrected chi connectivity index (χ0v) is 15.4. The van der Waals surface area contributed by atoms with Gasteiger partial charge in [0.2, 0.25) is 0 Å². The van der Waals surface area contributed by atoms with Crippen molar-refractivity contribution in [2.75, 3.05) is 25.0 Å². The van der Waals surface area contributed by atoms with E-state index < -0.39 is 0 Å². The van der Waals surface area contributed by atoms with Crippen LogP contribution in [0.2, 0.25) is 0 Å². The van der Waals surface area contributed by atoms with Crippen LogP contribution in [-0.4, -0.2) is 42.7 Å². The van der Waals surface area contributed by atoms with Crippen molar-refractivity contribution in [3.05, 3.63) is 60.2 Å². The third-order valence-electron chi connectivity index (χ3n) is 4.29. The Balaban J connectivity index is 1.59. The van der Waals surface area contributed by atoms with Crippen LogP contribution >= 0.6 is 0 Å². The van der Waals surface area contributed by atoms with Gasteiger partial charge in [0, 0.05) is 25.3 Å². The maximum Gasteiger partial charge on any atom is 0.262 e. The second-order valence-corrected chi connectivity index (χ2v) is 6.76. The number of rotatable bonds is 6. The lowest BCUT2D eigenvalue weighted by Gasteiger charge is -2.35. The maximum absolute atomic E-state index is 12.3. The van der Waals surface area contributed by atoms with Gasteiger partial charge in [0.05, 0.1) is 12.2 Å². The molecule has 2 atom stereocenters. The van der Waals surface area contributed by atoms with Crippen molar-refractivity contribution in [1.82, 2.24) is 4.90 Å². The molecule has 1 N–H and O–H groups in total. The minimum Gasteiger partial charge on any atom is -0.484 e. The summed E-state index contributed by atoms with van der Waals surface area (Å²) in [5.41, 5.74) is 1.93. The molecule has 1 saturated heterocycles. The van der Waals surface area contributed by atoms with Crippen LogP contribution in [0.1, 0.15) is 19.4 Å². The van der Waals surface area contributed by atoms with Crippen molar-refractivity contribution in [2.24, 2.45) is 0 Å². The van der Waals surface area contributed by atoms with Gasteiger partial charge in [-0.3, -0.25) is 9.69 Å². The minimum atomic E-state index is -0.162. The van der Waals surface area contributed by atoms with Crippen LogP contribution in [0.3, 0.4) is 0 Å². The number of carbonyl (C=O) groups is 1. The van der Waals surface area contributed by atoms with Crippen LogP contribution in [0.4, 0.5) is 5.69 Å². The van der Waals surface area contributed by atoms with Crippen molar-refractivity contribution >= 4 is 11.6 Å². The Morgan fingerprint density at radius 3 is 2.46 bits per heavy atom. The predicted molar refractivity (Wildman–Crippen MR) is 102 cm³/mol. The maximum atomic E-state index is 12.3. The number of morpholine rings is 1. The van der Waals surface area contributed by atoms with Gasteiger partial charge in [-0.1, -0.05) is 36.4 Å². The molecule has 0 saturated carbocycles. The number of para-hydroxylation sites is 2. The number of amides is 1. The number of nitrogens with zero attached hydrogens (tertiary/aromatic N) is 1. The van der Waals surface area contributed by atoms with E-state index in [0.29, 0.717) is 5.75 Å². The summed E-state index contributed by atoms with van der Waals surface area (Å²) in [6.45, 7) is 6.75. The Kier molecular flexibility index (Phi) is 6.26. The average molecular weight is 354 g/mol. The third-order valence-corrected chi connectivity index (χ3v) is 4.29. The summed E-state index contributed by atoms with van der Waals surface area (Å²) >= 11 is 0. The van der Waals surface area contributed by atoms with Gasteiger partial charge >= 0.3 is 0 Å². The molecule has 5 nitrogen and oxygen atoms in total. The number of carbonyl (C=O) groups excluding carboxylic acids is 1. The Bertz CT molecular complexity index is 710. The number of ether oxygens (including phenoxy) is 2. The van der Waals surface area contributed by atoms with Gasteiger partial charge in [-0.2, -0.15) is 0 Å². The van der Waals surface area contributed by atoms with E-state index in [1.807, 2.05) is 48.5 Å². The highest BCUT2D eigenvalue weighted by Crippen LogP contribution is 2.20. The third kappa shape index (κ3) is 5.31. The van der Waals surface area contributed by atoms with E-state index in [4.69, 9.17) is 9.47 Å². The van der Waals surface area contributed by atoms with E-state index in [1.54, 1.807) is 0 Å². The van der Waals surface area contributed by atoms with Gasteiger partial charge in [0.1, 0.15) is 5.75 Å². The molecule has 2 unspecified atom stereocenters. The normalized spacial score (nSPS) is 20.5. The Labute approximate surface area is 154 Å². The van der Waals surface area contributed by atoms with Crippen LogP contribution in [-0.2, 0) is 16.1 Å². The fourth-order valence-corrected chi connectivity index (χ4v) is 3.29. The van der Waals surface area contributed by atoms with Gasteiger partial charge < -0.3 is 14.8 Å². The molecule has 1 fully saturated rings. The molecule has 1 aliphatic rings. The average Bonchev–Trinajstić information content (AvgIpc) is 2.62. The molecular formula is C21H26N2O3. The Hall–Kier alpha value is -2.37. The van der Waals surface area contributed by atoms with E-state index in [-0.39, 0.29) is 24.7 Å². The molecule has 0 aliphatic carbocycles. The van der Waals surface area contributed by atoms with E-state index in [2.05, 4.69) is 30.1 Å². The molecule has 1 aliphatic heterocycles. The lowest BCUT2D eigenvalue weighted by atomic mass is 10.1. The summed E-state index contributed by atoms with van der Waals surface area (Å²) in [5, 5.41) is 2.97. The molecule has 0 bridgehead atoms. The van der Waals surface area contributed by atoms with E-state index in [9.17, 15) is 4.79 Å². The van der Waals surface area contributed by atoms with Gasteiger partial charge in [-0.25, -0.2) is 0 Å². The lowest BCUT2D eigenvalue weighted by molar-refractivity contribution is -0.118. The molecule has 1 heterocycles. The highest BCUT2D eigenvalue weighted by Gasteiger charge is 2.22. The quantitative estimate of drug-likeness (QED) is 0.865. The molecular weight excluding hydrogens is 328 g/mol. The molecule has 0 spiro atoms. The van der Waals surface area contributed by atoms with Crippen molar-refractivity contribution in [3.63, 3.8) is 0 Å². The highest BCUT2D eigenvalue weighted by atomic mass is 16.5. The number of benzene rings is 2. The zero-order valence-electron chi connectivity index (χ0n) is 15.4. The molecule has 5 heteroatoms. The molecule has 2 aromatic carbocycles. The monoisotopic (exact) mass is 354 g/mol. The van der Waals surface area contributed by atoms with Crippen LogP contribution in [0.5, 0.6) is 5.75 Å². The first-order valence-electron chi connectivity index (χ1n) is 9.03. The van der Waals surface area contributed by atoms with E-state index in [0.717, 1.165) is 30.9 Å². The Morgan fingerprint density at radius 1 is 1.08 bits per heavy atom. The minimum absolute atomic E-state index is 0.00995. The first-order chi connectivity index (χ1) is 12.6. The topological polar surface area (TPSA) is 50.8 Å². The Morgan fingerprint density at radius 2 is 1.73 bits per heavy atom. The second kappa shape index (κ2) is 8.83. The van der Waals surface area contributed by atoms with Crippen LogP contribution in [0.15, 0.2) is 54.6 Å². The van der Waals surface area contributed by atoms with E-state index in [1.165, 1.54) is 0 Å². The summed E-state index contributed by atoms with van der Waals surface area (Å²) in [6, 6.07) is 17.3. The second-order valence-electron chi connectivity index (χ2n) is 6.76. The number of anilines is 1. The number of hydrogen-bond acceptors (Lipinski definition) is 4. The van der Waals surface area contributed by atoms with Crippen LogP contribution in [0, 0.1) is 0 Å². The zero-order chi connectivity index (χ0) is 18.4. The molecule has 138 valence electrons. The molecule has 26 heavy (non-hydrogen) atoms. The van der Waals surface area contributed by atoms with Gasteiger partial charge in [-0.05, 0) is 37.6 Å². The molecule has 0 aromatic heterocycles. The van der Waals surface area contributed by atoms with Gasteiger partial charge in [0.25, 0.3) is 5.91 Å². The highest BCUT2D eigenvalue weighted by molar-refractivity contribution is 5.92. The largest absolute Gasteiger partial charge is 0.484 e. The number of nitrogens with one attached hydrogen (secondary N) is 1.